The highest BCUT2D eigenvalue weighted by Crippen LogP contribution is 2.10. The van der Waals surface area contributed by atoms with E-state index >= 15 is 0 Å². The summed E-state index contributed by atoms with van der Waals surface area (Å²) in [6, 6.07) is 0. The second-order valence-electron chi connectivity index (χ2n) is 4.87. The molecule has 1 aliphatic heterocycles. The summed E-state index contributed by atoms with van der Waals surface area (Å²) in [5.74, 6) is -0.0218. The van der Waals surface area contributed by atoms with Crippen molar-refractivity contribution in [1.29, 1.82) is 0 Å². The van der Waals surface area contributed by atoms with Crippen molar-refractivity contribution in [3.05, 3.63) is 6.33 Å². The number of rotatable bonds is 4. The lowest BCUT2D eigenvalue weighted by Crippen LogP contribution is -2.53. The SMILES string of the molecule is CN(C)S(=O)(=O)N1CCN(C(=O)Cn2cnc(N)n2)CC1. The molecule has 0 atom stereocenters. The van der Waals surface area contributed by atoms with Gasteiger partial charge in [-0.15, -0.1) is 5.10 Å². The Morgan fingerprint density at radius 1 is 1.33 bits per heavy atom. The van der Waals surface area contributed by atoms with Crippen molar-refractivity contribution in [3.8, 4) is 0 Å². The van der Waals surface area contributed by atoms with Crippen LogP contribution in [0.3, 0.4) is 0 Å². The van der Waals surface area contributed by atoms with Gasteiger partial charge in [0.2, 0.25) is 11.9 Å². The van der Waals surface area contributed by atoms with Gasteiger partial charge >= 0.3 is 0 Å². The van der Waals surface area contributed by atoms with E-state index in [1.807, 2.05) is 0 Å². The lowest BCUT2D eigenvalue weighted by molar-refractivity contribution is -0.133. The number of hydrogen-bond acceptors (Lipinski definition) is 6. The van der Waals surface area contributed by atoms with E-state index in [0.717, 1.165) is 0 Å². The predicted octanol–water partition coefficient (Wildman–Crippen LogP) is -2.19. The van der Waals surface area contributed by atoms with Gasteiger partial charge in [-0.05, 0) is 0 Å². The monoisotopic (exact) mass is 317 g/mol. The fourth-order valence-electron chi connectivity index (χ4n) is 2.02. The molecule has 10 nitrogen and oxygen atoms in total. The Balaban J connectivity index is 1.90. The maximum Gasteiger partial charge on any atom is 0.281 e. The third-order valence-corrected chi connectivity index (χ3v) is 5.17. The first-order valence-electron chi connectivity index (χ1n) is 6.41. The van der Waals surface area contributed by atoms with E-state index in [-0.39, 0.29) is 31.5 Å². The first-order valence-corrected chi connectivity index (χ1v) is 7.80. The van der Waals surface area contributed by atoms with Crippen molar-refractivity contribution >= 4 is 22.1 Å². The number of amides is 1. The normalized spacial score (nSPS) is 17.4. The number of piperazine rings is 1. The van der Waals surface area contributed by atoms with Crippen LogP contribution in [0, 0.1) is 0 Å². The average Bonchev–Trinajstić information content (AvgIpc) is 2.84. The molecular weight excluding hydrogens is 298 g/mol. The van der Waals surface area contributed by atoms with Gasteiger partial charge in [-0.25, -0.2) is 9.67 Å². The minimum absolute atomic E-state index is 0.0463. The molecule has 0 radical (unpaired) electrons. The molecule has 1 amide bonds. The standard InChI is InChI=1S/C10H19N7O3S/c1-14(2)21(19,20)17-5-3-15(4-6-17)9(18)7-16-8-12-10(11)13-16/h8H,3-7H2,1-2H3,(H2,11,13). The zero-order valence-corrected chi connectivity index (χ0v) is 12.8. The van der Waals surface area contributed by atoms with Crippen LogP contribution in [-0.4, -0.2) is 82.9 Å². The van der Waals surface area contributed by atoms with Crippen LogP contribution in [0.2, 0.25) is 0 Å². The van der Waals surface area contributed by atoms with Gasteiger partial charge in [0.05, 0.1) is 0 Å². The molecule has 21 heavy (non-hydrogen) atoms. The van der Waals surface area contributed by atoms with Crippen LogP contribution in [0.5, 0.6) is 0 Å². The highest BCUT2D eigenvalue weighted by atomic mass is 32.2. The molecule has 2 rings (SSSR count). The van der Waals surface area contributed by atoms with Crippen molar-refractivity contribution in [1.82, 2.24) is 28.3 Å². The van der Waals surface area contributed by atoms with Crippen molar-refractivity contribution < 1.29 is 13.2 Å². The Kier molecular flexibility index (Phi) is 4.44. The van der Waals surface area contributed by atoms with Crippen molar-refractivity contribution in [2.45, 2.75) is 6.54 Å². The molecule has 0 unspecified atom stereocenters. The smallest absolute Gasteiger partial charge is 0.281 e. The van der Waals surface area contributed by atoms with Crippen molar-refractivity contribution in [3.63, 3.8) is 0 Å². The minimum atomic E-state index is -3.42. The highest BCUT2D eigenvalue weighted by Gasteiger charge is 2.30. The number of hydrogen-bond donors (Lipinski definition) is 1. The van der Waals surface area contributed by atoms with Crippen LogP contribution in [0.1, 0.15) is 0 Å². The third-order valence-electron chi connectivity index (χ3n) is 3.23. The topological polar surface area (TPSA) is 118 Å². The van der Waals surface area contributed by atoms with E-state index in [2.05, 4.69) is 10.1 Å². The van der Waals surface area contributed by atoms with Gasteiger partial charge in [-0.1, -0.05) is 0 Å². The molecule has 0 bridgehead atoms. The number of nitrogens with zero attached hydrogens (tertiary/aromatic N) is 6. The van der Waals surface area contributed by atoms with Crippen LogP contribution in [0.25, 0.3) is 0 Å². The molecular formula is C10H19N7O3S. The molecule has 2 N–H and O–H groups in total. The number of nitrogen functional groups attached to an aromatic ring is 1. The lowest BCUT2D eigenvalue weighted by Gasteiger charge is -2.35. The summed E-state index contributed by atoms with van der Waals surface area (Å²) in [5.41, 5.74) is 5.38. The van der Waals surface area contributed by atoms with Crippen LogP contribution < -0.4 is 5.73 Å². The van der Waals surface area contributed by atoms with Gasteiger partial charge in [0, 0.05) is 40.3 Å². The Morgan fingerprint density at radius 2 is 1.95 bits per heavy atom. The van der Waals surface area contributed by atoms with Crippen molar-refractivity contribution in [2.75, 3.05) is 46.0 Å². The first kappa shape index (κ1) is 15.7. The summed E-state index contributed by atoms with van der Waals surface area (Å²) in [7, 11) is -0.444. The van der Waals surface area contributed by atoms with Gasteiger partial charge in [0.1, 0.15) is 12.9 Å². The molecule has 1 aromatic heterocycles. The Labute approximate surface area is 123 Å². The molecule has 2 heterocycles. The summed E-state index contributed by atoms with van der Waals surface area (Å²) < 4.78 is 27.8. The predicted molar refractivity (Wildman–Crippen MR) is 75.2 cm³/mol. The van der Waals surface area contributed by atoms with E-state index in [4.69, 9.17) is 5.73 Å². The fraction of sp³-hybridized carbons (Fsp3) is 0.700. The van der Waals surface area contributed by atoms with Crippen LogP contribution in [0.4, 0.5) is 5.95 Å². The minimum Gasteiger partial charge on any atom is -0.367 e. The Hall–Kier alpha value is -1.72. The van der Waals surface area contributed by atoms with Gasteiger partial charge in [-0.3, -0.25) is 4.79 Å². The summed E-state index contributed by atoms with van der Waals surface area (Å²) in [6.45, 7) is 1.33. The van der Waals surface area contributed by atoms with Crippen LogP contribution in [0.15, 0.2) is 6.33 Å². The Bertz CT molecular complexity index is 604. The molecule has 1 fully saturated rings. The van der Waals surface area contributed by atoms with E-state index < -0.39 is 10.2 Å². The summed E-state index contributed by atoms with van der Waals surface area (Å²) in [4.78, 5) is 17.4. The van der Waals surface area contributed by atoms with E-state index in [1.165, 1.54) is 33.7 Å². The number of carbonyl (C=O) groups is 1. The van der Waals surface area contributed by atoms with E-state index in [1.54, 1.807) is 4.90 Å². The summed E-state index contributed by atoms with van der Waals surface area (Å²) in [5, 5.41) is 3.85. The van der Waals surface area contributed by atoms with Gasteiger partial charge in [0.15, 0.2) is 0 Å². The lowest BCUT2D eigenvalue weighted by atomic mass is 10.3. The van der Waals surface area contributed by atoms with Gasteiger partial charge in [0.25, 0.3) is 10.2 Å². The zero-order chi connectivity index (χ0) is 15.6. The first-order chi connectivity index (χ1) is 9.80. The summed E-state index contributed by atoms with van der Waals surface area (Å²) >= 11 is 0. The van der Waals surface area contributed by atoms with E-state index in [0.29, 0.717) is 13.1 Å². The molecule has 1 aromatic rings. The number of nitrogens with two attached hydrogens (primary N) is 1. The highest BCUT2D eigenvalue weighted by molar-refractivity contribution is 7.86. The largest absolute Gasteiger partial charge is 0.367 e. The molecule has 0 spiro atoms. The molecule has 1 aliphatic rings. The Morgan fingerprint density at radius 3 is 2.43 bits per heavy atom. The molecule has 0 aromatic carbocycles. The van der Waals surface area contributed by atoms with Crippen molar-refractivity contribution in [2.24, 2.45) is 0 Å². The molecule has 0 aliphatic carbocycles. The number of anilines is 1. The maximum atomic E-state index is 12.1. The number of carbonyl (C=O) groups excluding carboxylic acids is 1. The second-order valence-corrected chi connectivity index (χ2v) is 7.01. The molecule has 118 valence electrons. The molecule has 11 heteroatoms. The summed E-state index contributed by atoms with van der Waals surface area (Å²) in [6.07, 6.45) is 1.39. The average molecular weight is 317 g/mol. The second kappa shape index (κ2) is 5.95. The third kappa shape index (κ3) is 3.49. The molecule has 1 saturated heterocycles. The van der Waals surface area contributed by atoms with Crippen LogP contribution in [-0.2, 0) is 21.5 Å². The number of aromatic nitrogens is 3. The fourth-order valence-corrected chi connectivity index (χ4v) is 3.11. The quantitative estimate of drug-likeness (QED) is 0.674. The van der Waals surface area contributed by atoms with Gasteiger partial charge in [-0.2, -0.15) is 17.0 Å². The van der Waals surface area contributed by atoms with E-state index in [9.17, 15) is 13.2 Å². The molecule has 0 saturated carbocycles. The zero-order valence-electron chi connectivity index (χ0n) is 12.0. The van der Waals surface area contributed by atoms with Crippen LogP contribution >= 0.6 is 0 Å². The maximum absolute atomic E-state index is 12.1. The van der Waals surface area contributed by atoms with Gasteiger partial charge < -0.3 is 10.6 Å².